The number of Topliss-reactive ketones (excluding diaryl/α,β-unsaturated/α-hetero) is 1. The second-order valence-corrected chi connectivity index (χ2v) is 9.38. The molecule has 0 unspecified atom stereocenters. The predicted molar refractivity (Wildman–Crippen MR) is 108 cm³/mol. The summed E-state index contributed by atoms with van der Waals surface area (Å²) < 4.78 is 0. The smallest absolute Gasteiger partial charge is 0.139 e. The van der Waals surface area contributed by atoms with Crippen LogP contribution in [0, 0.1) is 35.0 Å². The second-order valence-electron chi connectivity index (χ2n) is 9.38. The molecule has 0 amide bonds. The van der Waals surface area contributed by atoms with Gasteiger partial charge in [0.25, 0.3) is 0 Å². The third-order valence-corrected chi connectivity index (χ3v) is 7.58. The monoisotopic (exact) mass is 374 g/mol. The van der Waals surface area contributed by atoms with Gasteiger partial charge in [0.2, 0.25) is 0 Å². The highest BCUT2D eigenvalue weighted by molar-refractivity contribution is 5.92. The predicted octanol–water partition coefficient (Wildman–Crippen LogP) is 4.64. The fraction of sp³-hybridized carbons (Fsp3) is 0.875. The molecule has 0 aliphatic heterocycles. The lowest BCUT2D eigenvalue weighted by atomic mass is 9.47. The third kappa shape index (κ3) is 4.77. The highest BCUT2D eigenvalue weighted by atomic mass is 16.3. The molecule has 27 heavy (non-hydrogen) atoms. The van der Waals surface area contributed by atoms with Crippen LogP contribution < -0.4 is 0 Å². The van der Waals surface area contributed by atoms with Crippen LogP contribution in [0.4, 0.5) is 0 Å². The Bertz CT molecular complexity index is 554. The molecule has 3 saturated carbocycles. The lowest BCUT2D eigenvalue weighted by Crippen LogP contribution is -2.58. The van der Waals surface area contributed by atoms with E-state index >= 15 is 0 Å². The molecule has 3 aliphatic carbocycles. The first-order chi connectivity index (χ1) is 13.1. The van der Waals surface area contributed by atoms with Crippen molar-refractivity contribution in [3.05, 3.63) is 0 Å². The van der Waals surface area contributed by atoms with Crippen molar-refractivity contribution in [1.82, 2.24) is 0 Å². The van der Waals surface area contributed by atoms with Crippen LogP contribution in [-0.4, -0.2) is 28.2 Å². The Kier molecular flexibility index (Phi) is 7.40. The molecule has 2 N–H and O–H groups in total. The van der Waals surface area contributed by atoms with Gasteiger partial charge in [0.15, 0.2) is 0 Å². The minimum Gasteiger partial charge on any atom is -0.392 e. The van der Waals surface area contributed by atoms with E-state index in [0.29, 0.717) is 24.5 Å². The molecule has 0 radical (unpaired) electrons. The van der Waals surface area contributed by atoms with Crippen LogP contribution in [0.2, 0.25) is 0 Å². The molecule has 3 aliphatic rings. The number of unbranched alkanes of at least 4 members (excludes halogenated alkanes) is 3. The maximum atomic E-state index is 12.5. The molecule has 0 heterocycles. The molecule has 152 valence electrons. The van der Waals surface area contributed by atoms with Crippen LogP contribution in [0.15, 0.2) is 0 Å². The first kappa shape index (κ1) is 20.9. The van der Waals surface area contributed by atoms with Crippen molar-refractivity contribution < 1.29 is 15.0 Å². The number of hydrogen-bond donors (Lipinski definition) is 2. The summed E-state index contributed by atoms with van der Waals surface area (Å²) in [6.45, 7) is 2.21. The van der Waals surface area contributed by atoms with Gasteiger partial charge in [-0.2, -0.15) is 0 Å². The van der Waals surface area contributed by atoms with E-state index in [1.165, 1.54) is 51.4 Å². The zero-order valence-corrected chi connectivity index (χ0v) is 17.1. The molecule has 0 aromatic heterocycles. The summed E-state index contributed by atoms with van der Waals surface area (Å²) in [6.07, 6.45) is 13.8. The summed E-state index contributed by atoms with van der Waals surface area (Å²) >= 11 is 0. The van der Waals surface area contributed by atoms with Crippen LogP contribution in [0.3, 0.4) is 0 Å². The van der Waals surface area contributed by atoms with Crippen molar-refractivity contribution in [2.75, 3.05) is 0 Å². The number of aliphatic hydroxyl groups is 2. The largest absolute Gasteiger partial charge is 0.392 e. The molecule has 5 atom stereocenters. The molecule has 0 bridgehead atoms. The number of ketones is 1. The molecular weight excluding hydrogens is 336 g/mol. The Labute approximate surface area is 165 Å². The van der Waals surface area contributed by atoms with Crippen molar-refractivity contribution in [3.8, 4) is 11.8 Å². The molecular formula is C24H38O3. The Morgan fingerprint density at radius 1 is 1.15 bits per heavy atom. The van der Waals surface area contributed by atoms with E-state index in [9.17, 15) is 15.0 Å². The Morgan fingerprint density at radius 3 is 2.63 bits per heavy atom. The SMILES string of the molecule is CCCCCC[C@]12CC[C@@H](O)[C@H](C#C[C@@H](O)CC3CCCCC3)[C@H]1CC2=O. The molecule has 0 aromatic rings. The number of carbonyl (C=O) groups excluding carboxylic acids is 1. The summed E-state index contributed by atoms with van der Waals surface area (Å²) in [7, 11) is 0. The van der Waals surface area contributed by atoms with E-state index in [-0.39, 0.29) is 17.3 Å². The fourth-order valence-corrected chi connectivity index (χ4v) is 5.83. The zero-order valence-electron chi connectivity index (χ0n) is 17.1. The minimum atomic E-state index is -0.586. The summed E-state index contributed by atoms with van der Waals surface area (Å²) in [5, 5.41) is 20.9. The van der Waals surface area contributed by atoms with Gasteiger partial charge in [-0.25, -0.2) is 0 Å². The lowest BCUT2D eigenvalue weighted by Gasteiger charge is -2.55. The lowest BCUT2D eigenvalue weighted by molar-refractivity contribution is -0.161. The van der Waals surface area contributed by atoms with E-state index in [4.69, 9.17) is 0 Å². The average molecular weight is 375 g/mol. The van der Waals surface area contributed by atoms with Crippen molar-refractivity contribution in [3.63, 3.8) is 0 Å². The van der Waals surface area contributed by atoms with Crippen molar-refractivity contribution in [1.29, 1.82) is 0 Å². The summed E-state index contributed by atoms with van der Waals surface area (Å²) in [4.78, 5) is 12.5. The van der Waals surface area contributed by atoms with E-state index < -0.39 is 12.2 Å². The molecule has 0 aromatic carbocycles. The first-order valence-corrected chi connectivity index (χ1v) is 11.5. The van der Waals surface area contributed by atoms with Gasteiger partial charge in [-0.1, -0.05) is 76.6 Å². The van der Waals surface area contributed by atoms with Gasteiger partial charge in [0.05, 0.1) is 12.0 Å². The second kappa shape index (κ2) is 9.57. The van der Waals surface area contributed by atoms with E-state index in [2.05, 4.69) is 18.8 Å². The average Bonchev–Trinajstić information content (AvgIpc) is 2.66. The van der Waals surface area contributed by atoms with Crippen LogP contribution in [0.5, 0.6) is 0 Å². The third-order valence-electron chi connectivity index (χ3n) is 7.58. The quantitative estimate of drug-likeness (QED) is 0.504. The molecule has 3 fully saturated rings. The number of aliphatic hydroxyl groups excluding tert-OH is 2. The summed E-state index contributed by atoms with van der Waals surface area (Å²) in [5.74, 6) is 7.35. The number of carbonyl (C=O) groups is 1. The number of fused-ring (bicyclic) bond motifs is 1. The van der Waals surface area contributed by atoms with Gasteiger partial charge < -0.3 is 10.2 Å². The fourth-order valence-electron chi connectivity index (χ4n) is 5.83. The van der Waals surface area contributed by atoms with Crippen LogP contribution in [0.1, 0.15) is 96.8 Å². The number of rotatable bonds is 7. The van der Waals surface area contributed by atoms with E-state index in [1.807, 2.05) is 0 Å². The van der Waals surface area contributed by atoms with Gasteiger partial charge >= 0.3 is 0 Å². The summed E-state index contributed by atoms with van der Waals surface area (Å²) in [6, 6.07) is 0. The molecule has 3 rings (SSSR count). The minimum absolute atomic E-state index is 0.136. The molecule has 3 heteroatoms. The van der Waals surface area contributed by atoms with Crippen LogP contribution in [0.25, 0.3) is 0 Å². The van der Waals surface area contributed by atoms with E-state index in [0.717, 1.165) is 25.7 Å². The van der Waals surface area contributed by atoms with Gasteiger partial charge in [0.1, 0.15) is 11.9 Å². The Morgan fingerprint density at radius 2 is 1.93 bits per heavy atom. The Hall–Kier alpha value is -0.850. The van der Waals surface area contributed by atoms with Crippen LogP contribution in [-0.2, 0) is 4.79 Å². The van der Waals surface area contributed by atoms with Crippen molar-refractivity contribution in [2.24, 2.45) is 23.2 Å². The maximum absolute atomic E-state index is 12.5. The van der Waals surface area contributed by atoms with Gasteiger partial charge in [0, 0.05) is 11.8 Å². The topological polar surface area (TPSA) is 57.5 Å². The zero-order chi connectivity index (χ0) is 19.3. The van der Waals surface area contributed by atoms with Crippen molar-refractivity contribution >= 4 is 5.78 Å². The van der Waals surface area contributed by atoms with E-state index in [1.54, 1.807) is 0 Å². The molecule has 3 nitrogen and oxygen atoms in total. The number of hydrogen-bond acceptors (Lipinski definition) is 3. The highest BCUT2D eigenvalue weighted by Crippen LogP contribution is 2.57. The van der Waals surface area contributed by atoms with Crippen LogP contribution >= 0.6 is 0 Å². The van der Waals surface area contributed by atoms with Gasteiger partial charge in [-0.3, -0.25) is 4.79 Å². The highest BCUT2D eigenvalue weighted by Gasteiger charge is 2.59. The van der Waals surface area contributed by atoms with Gasteiger partial charge in [-0.15, -0.1) is 0 Å². The molecule has 0 spiro atoms. The molecule has 0 saturated heterocycles. The normalized spacial score (nSPS) is 34.9. The first-order valence-electron chi connectivity index (χ1n) is 11.5. The summed E-state index contributed by atoms with van der Waals surface area (Å²) in [5.41, 5.74) is -0.222. The Balaban J connectivity index is 1.60. The standard InChI is InChI=1S/C24H38O3/c1-2-3-4-8-14-24-15-13-22(26)20(21(24)17-23(24)27)12-11-19(25)16-18-9-6-5-7-10-18/h18-22,25-26H,2-10,13-17H2,1H3/t19-,20-,21-,22-,24+/m1/s1. The van der Waals surface area contributed by atoms with Crippen molar-refractivity contribution in [2.45, 2.75) is 109 Å². The van der Waals surface area contributed by atoms with Gasteiger partial charge in [-0.05, 0) is 37.5 Å². The maximum Gasteiger partial charge on any atom is 0.139 e.